The number of benzene rings is 2. The maximum absolute atomic E-state index is 11.6. The lowest BCUT2D eigenvalue weighted by Crippen LogP contribution is -2.24. The molecule has 2 aromatic carbocycles. The minimum Gasteiger partial charge on any atom is -0.483 e. The molecule has 0 bridgehead atoms. The normalized spacial score (nSPS) is 10.5. The van der Waals surface area contributed by atoms with Crippen molar-refractivity contribution in [3.8, 4) is 5.75 Å². The van der Waals surface area contributed by atoms with Crippen LogP contribution in [0.1, 0.15) is 11.1 Å². The molecule has 1 N–H and O–H groups in total. The maximum Gasteiger partial charge on any atom is 0.277 e. The van der Waals surface area contributed by atoms with Crippen LogP contribution in [0.5, 0.6) is 5.75 Å². The van der Waals surface area contributed by atoms with Crippen LogP contribution >= 0.6 is 0 Å². The Morgan fingerprint density at radius 2 is 2.09 bits per heavy atom. The minimum atomic E-state index is -0.494. The standard InChI is InChI=1S/C16H15N3O4/c1-12-5-2-3-8-15(12)23-11-16(20)18-17-10-13-6-4-7-14(9-13)19(21)22/h2-10H,11H2,1H3,(H,18,20). The van der Waals surface area contributed by atoms with E-state index in [0.29, 0.717) is 11.3 Å². The van der Waals surface area contributed by atoms with Crippen molar-refractivity contribution < 1.29 is 14.5 Å². The van der Waals surface area contributed by atoms with Crippen molar-refractivity contribution in [2.24, 2.45) is 5.10 Å². The maximum atomic E-state index is 11.6. The van der Waals surface area contributed by atoms with Crippen molar-refractivity contribution >= 4 is 17.8 Å². The number of aryl methyl sites for hydroxylation is 1. The molecule has 0 saturated heterocycles. The number of amides is 1. The third-order valence-electron chi connectivity index (χ3n) is 2.94. The van der Waals surface area contributed by atoms with Gasteiger partial charge in [-0.2, -0.15) is 5.10 Å². The van der Waals surface area contributed by atoms with Gasteiger partial charge in [0.2, 0.25) is 0 Å². The number of carbonyl (C=O) groups is 1. The molecular formula is C16H15N3O4. The fraction of sp³-hybridized carbons (Fsp3) is 0.125. The van der Waals surface area contributed by atoms with Crippen molar-refractivity contribution in [2.45, 2.75) is 6.92 Å². The van der Waals surface area contributed by atoms with E-state index in [9.17, 15) is 14.9 Å². The smallest absolute Gasteiger partial charge is 0.277 e. The third kappa shape index (κ3) is 4.92. The number of nitro benzene ring substituents is 1. The van der Waals surface area contributed by atoms with Gasteiger partial charge in [-0.25, -0.2) is 5.43 Å². The lowest BCUT2D eigenvalue weighted by molar-refractivity contribution is -0.384. The highest BCUT2D eigenvalue weighted by Crippen LogP contribution is 2.15. The van der Waals surface area contributed by atoms with E-state index in [-0.39, 0.29) is 12.3 Å². The van der Waals surface area contributed by atoms with Crippen molar-refractivity contribution in [2.75, 3.05) is 6.61 Å². The lowest BCUT2D eigenvalue weighted by Gasteiger charge is -2.07. The van der Waals surface area contributed by atoms with E-state index in [1.165, 1.54) is 18.3 Å². The van der Waals surface area contributed by atoms with E-state index >= 15 is 0 Å². The summed E-state index contributed by atoms with van der Waals surface area (Å²) in [4.78, 5) is 21.8. The van der Waals surface area contributed by atoms with Gasteiger partial charge in [-0.15, -0.1) is 0 Å². The van der Waals surface area contributed by atoms with Gasteiger partial charge >= 0.3 is 0 Å². The molecule has 0 aliphatic heterocycles. The lowest BCUT2D eigenvalue weighted by atomic mass is 10.2. The monoisotopic (exact) mass is 313 g/mol. The van der Waals surface area contributed by atoms with Crippen molar-refractivity contribution in [1.82, 2.24) is 5.43 Å². The Morgan fingerprint density at radius 1 is 1.30 bits per heavy atom. The van der Waals surface area contributed by atoms with Gasteiger partial charge in [0.1, 0.15) is 5.75 Å². The summed E-state index contributed by atoms with van der Waals surface area (Å²) in [5.41, 5.74) is 3.71. The van der Waals surface area contributed by atoms with Crippen LogP contribution in [0.2, 0.25) is 0 Å². The van der Waals surface area contributed by atoms with Crippen LogP contribution in [0.3, 0.4) is 0 Å². The van der Waals surface area contributed by atoms with Crippen molar-refractivity contribution in [3.05, 3.63) is 69.8 Å². The second kappa shape index (κ2) is 7.69. The van der Waals surface area contributed by atoms with Crippen LogP contribution in [0.4, 0.5) is 5.69 Å². The van der Waals surface area contributed by atoms with E-state index in [1.54, 1.807) is 18.2 Å². The molecule has 0 aromatic heterocycles. The van der Waals surface area contributed by atoms with Crippen LogP contribution in [-0.2, 0) is 4.79 Å². The van der Waals surface area contributed by atoms with Gasteiger partial charge in [-0.3, -0.25) is 14.9 Å². The van der Waals surface area contributed by atoms with E-state index in [0.717, 1.165) is 5.56 Å². The predicted octanol–water partition coefficient (Wildman–Crippen LogP) is 2.43. The molecule has 23 heavy (non-hydrogen) atoms. The fourth-order valence-corrected chi connectivity index (χ4v) is 1.79. The molecule has 0 saturated carbocycles. The van der Waals surface area contributed by atoms with Crippen LogP contribution in [0.25, 0.3) is 0 Å². The number of rotatable bonds is 6. The van der Waals surface area contributed by atoms with Crippen LogP contribution in [0, 0.1) is 17.0 Å². The number of hydrogen-bond donors (Lipinski definition) is 1. The second-order valence-electron chi connectivity index (χ2n) is 4.70. The van der Waals surface area contributed by atoms with Gasteiger partial charge in [0, 0.05) is 17.7 Å². The first-order chi connectivity index (χ1) is 11.1. The van der Waals surface area contributed by atoms with E-state index in [4.69, 9.17) is 4.74 Å². The van der Waals surface area contributed by atoms with Crippen LogP contribution in [0.15, 0.2) is 53.6 Å². The molecule has 7 nitrogen and oxygen atoms in total. The Hall–Kier alpha value is -3.22. The summed E-state index contributed by atoms with van der Waals surface area (Å²) in [7, 11) is 0. The number of hydrazone groups is 1. The van der Waals surface area contributed by atoms with Gasteiger partial charge in [-0.1, -0.05) is 30.3 Å². The Labute approximate surface area is 132 Å². The number of nitro groups is 1. The third-order valence-corrected chi connectivity index (χ3v) is 2.94. The summed E-state index contributed by atoms with van der Waals surface area (Å²) in [6.45, 7) is 1.71. The average Bonchev–Trinajstić information content (AvgIpc) is 2.54. The summed E-state index contributed by atoms with van der Waals surface area (Å²) in [6, 6.07) is 13.3. The molecule has 0 spiro atoms. The second-order valence-corrected chi connectivity index (χ2v) is 4.70. The number of hydrogen-bond acceptors (Lipinski definition) is 5. The number of non-ortho nitro benzene ring substituents is 1. The van der Waals surface area contributed by atoms with Gasteiger partial charge in [0.15, 0.2) is 6.61 Å². The van der Waals surface area contributed by atoms with Crippen LogP contribution < -0.4 is 10.2 Å². The number of nitrogens with one attached hydrogen (secondary N) is 1. The first kappa shape index (κ1) is 16.2. The molecule has 2 aromatic rings. The van der Waals surface area contributed by atoms with Crippen LogP contribution in [-0.4, -0.2) is 23.7 Å². The van der Waals surface area contributed by atoms with E-state index in [2.05, 4.69) is 10.5 Å². The molecule has 0 heterocycles. The zero-order chi connectivity index (χ0) is 16.7. The summed E-state index contributed by atoms with van der Waals surface area (Å²) in [6.07, 6.45) is 1.33. The van der Waals surface area contributed by atoms with E-state index in [1.807, 2.05) is 25.1 Å². The SMILES string of the molecule is Cc1ccccc1OCC(=O)NN=Cc1cccc([N+](=O)[O-])c1. The molecule has 2 rings (SSSR count). The highest BCUT2D eigenvalue weighted by Gasteiger charge is 2.05. The molecule has 0 radical (unpaired) electrons. The van der Waals surface area contributed by atoms with Gasteiger partial charge in [0.25, 0.3) is 11.6 Å². The summed E-state index contributed by atoms with van der Waals surface area (Å²) in [5.74, 6) is 0.209. The largest absolute Gasteiger partial charge is 0.483 e. The fourth-order valence-electron chi connectivity index (χ4n) is 1.79. The number of para-hydroxylation sites is 1. The molecular weight excluding hydrogens is 298 g/mol. The Kier molecular flexibility index (Phi) is 5.40. The molecule has 0 aliphatic carbocycles. The van der Waals surface area contributed by atoms with E-state index < -0.39 is 10.8 Å². The molecule has 0 atom stereocenters. The van der Waals surface area contributed by atoms with Gasteiger partial charge < -0.3 is 4.74 Å². The topological polar surface area (TPSA) is 93.8 Å². The Balaban J connectivity index is 1.85. The van der Waals surface area contributed by atoms with Crippen molar-refractivity contribution in [1.29, 1.82) is 0 Å². The predicted molar refractivity (Wildman–Crippen MR) is 85.5 cm³/mol. The Bertz CT molecular complexity index is 744. The molecule has 0 aliphatic rings. The average molecular weight is 313 g/mol. The first-order valence-electron chi connectivity index (χ1n) is 6.81. The minimum absolute atomic E-state index is 0.0387. The zero-order valence-electron chi connectivity index (χ0n) is 12.4. The molecule has 0 unspecified atom stereocenters. The highest BCUT2D eigenvalue weighted by atomic mass is 16.6. The molecule has 118 valence electrons. The first-order valence-corrected chi connectivity index (χ1v) is 6.81. The summed E-state index contributed by atoms with van der Waals surface area (Å²) >= 11 is 0. The molecule has 0 fully saturated rings. The number of nitrogens with zero attached hydrogens (tertiary/aromatic N) is 2. The van der Waals surface area contributed by atoms with Crippen molar-refractivity contribution in [3.63, 3.8) is 0 Å². The van der Waals surface area contributed by atoms with Gasteiger partial charge in [0.05, 0.1) is 11.1 Å². The summed E-state index contributed by atoms with van der Waals surface area (Å²) in [5, 5.41) is 14.4. The molecule has 7 heteroatoms. The highest BCUT2D eigenvalue weighted by molar-refractivity contribution is 5.83. The van der Waals surface area contributed by atoms with Gasteiger partial charge in [-0.05, 0) is 18.6 Å². The zero-order valence-corrected chi connectivity index (χ0v) is 12.4. The number of carbonyl (C=O) groups excluding carboxylic acids is 1. The Morgan fingerprint density at radius 3 is 2.83 bits per heavy atom. The number of ether oxygens (including phenoxy) is 1. The summed E-state index contributed by atoms with van der Waals surface area (Å²) < 4.78 is 5.38. The molecule has 1 amide bonds. The quantitative estimate of drug-likeness (QED) is 0.503.